The number of carbonyl (C=O) groups is 2. The molecule has 0 saturated carbocycles. The molecule has 1 aromatic heterocycles. The van der Waals surface area contributed by atoms with E-state index in [1.807, 2.05) is 0 Å². The van der Waals surface area contributed by atoms with Gasteiger partial charge < -0.3 is 33.2 Å². The largest absolute Gasteiger partial charge is 0.519 e. The minimum absolute atomic E-state index is 0.0267. The van der Waals surface area contributed by atoms with Crippen molar-refractivity contribution in [3.8, 4) is 0 Å². The molecule has 2 rings (SSSR count). The van der Waals surface area contributed by atoms with Gasteiger partial charge >= 0.3 is 17.9 Å². The van der Waals surface area contributed by atoms with Gasteiger partial charge in [-0.05, 0) is 12.5 Å². The molecule has 0 aliphatic carbocycles. The summed E-state index contributed by atoms with van der Waals surface area (Å²) in [5, 5.41) is 11.5. The zero-order valence-corrected chi connectivity index (χ0v) is 17.1. The van der Waals surface area contributed by atoms with Gasteiger partial charge in [-0.1, -0.05) is 30.3 Å². The second-order valence-electron chi connectivity index (χ2n) is 6.23. The highest BCUT2D eigenvalue weighted by Crippen LogP contribution is 2.09. The smallest absolute Gasteiger partial charge is 0.456 e. The molecule has 1 N–H and O–H groups in total. The lowest BCUT2D eigenvalue weighted by Gasteiger charge is -2.17. The Kier molecular flexibility index (Phi) is 9.71. The molecule has 2 aromatic rings. The average Bonchev–Trinajstić information content (AvgIpc) is 3.08. The molecule has 0 fully saturated rings. The topological polar surface area (TPSA) is 170 Å². The monoisotopic (exact) mass is 454 g/mol. The highest BCUT2D eigenvalue weighted by atomic mass is 17.0. The third-order valence-electron chi connectivity index (χ3n) is 3.93. The molecule has 1 aromatic carbocycles. The average molecular weight is 454 g/mol. The maximum Gasteiger partial charge on any atom is 0.519 e. The Morgan fingerprint density at radius 1 is 1.09 bits per heavy atom. The molecule has 1 unspecified atom stereocenters. The summed E-state index contributed by atoms with van der Waals surface area (Å²) in [5.74, 6) is -1.45. The van der Waals surface area contributed by atoms with Gasteiger partial charge in [0.15, 0.2) is 18.1 Å². The van der Waals surface area contributed by atoms with Gasteiger partial charge in [0.1, 0.15) is 19.3 Å². The van der Waals surface area contributed by atoms with Crippen LogP contribution in [0.25, 0.3) is 0 Å². The Bertz CT molecular complexity index is 938. The van der Waals surface area contributed by atoms with Crippen molar-refractivity contribution in [1.29, 1.82) is 0 Å². The van der Waals surface area contributed by atoms with E-state index in [9.17, 15) is 24.5 Å². The molecule has 0 aliphatic rings. The number of nitrogens with zero attached hydrogens (tertiary/aromatic N) is 1. The quantitative estimate of drug-likeness (QED) is 0.199. The first-order valence-corrected chi connectivity index (χ1v) is 9.43. The van der Waals surface area contributed by atoms with Crippen molar-refractivity contribution in [1.82, 2.24) is 5.32 Å². The Balaban J connectivity index is 1.85. The second kappa shape index (κ2) is 12.7. The first-order chi connectivity index (χ1) is 15.3. The molecule has 0 aliphatic heterocycles. The number of aryl methyl sites for hydroxylation is 1. The SMILES string of the molecule is Cc1oc(=O)oc1COC(=O)C(Cc1ccccc1)NC(=O)OCCOCCO[N+](=O)[O-]. The van der Waals surface area contributed by atoms with Crippen LogP contribution in [0, 0.1) is 17.0 Å². The molecule has 174 valence electrons. The lowest BCUT2D eigenvalue weighted by Crippen LogP contribution is -2.43. The molecular weight excluding hydrogens is 432 g/mol. The van der Waals surface area contributed by atoms with E-state index in [-0.39, 0.29) is 51.0 Å². The van der Waals surface area contributed by atoms with E-state index in [0.717, 1.165) is 5.56 Å². The van der Waals surface area contributed by atoms with Crippen molar-refractivity contribution in [3.05, 3.63) is 68.1 Å². The molecule has 13 heteroatoms. The number of esters is 1. The number of alkyl carbamates (subject to hydrolysis) is 1. The van der Waals surface area contributed by atoms with E-state index in [4.69, 9.17) is 23.0 Å². The molecule has 0 radical (unpaired) electrons. The van der Waals surface area contributed by atoms with Crippen molar-refractivity contribution in [2.24, 2.45) is 0 Å². The van der Waals surface area contributed by atoms with Gasteiger partial charge in [0.05, 0.1) is 13.2 Å². The molecule has 13 nitrogen and oxygen atoms in total. The molecule has 1 heterocycles. The molecule has 0 saturated heterocycles. The van der Waals surface area contributed by atoms with Gasteiger partial charge in [-0.3, -0.25) is 0 Å². The van der Waals surface area contributed by atoms with Crippen LogP contribution in [0.1, 0.15) is 17.1 Å². The minimum atomic E-state index is -1.08. The van der Waals surface area contributed by atoms with Crippen molar-refractivity contribution in [3.63, 3.8) is 0 Å². The molecule has 0 spiro atoms. The lowest BCUT2D eigenvalue weighted by molar-refractivity contribution is -0.758. The first-order valence-electron chi connectivity index (χ1n) is 9.43. The number of hydrogen-bond donors (Lipinski definition) is 1. The summed E-state index contributed by atoms with van der Waals surface area (Å²) in [5.41, 5.74) is 0.759. The van der Waals surface area contributed by atoms with Gasteiger partial charge in [0.25, 0.3) is 5.09 Å². The van der Waals surface area contributed by atoms with E-state index >= 15 is 0 Å². The molecule has 1 amide bonds. The van der Waals surface area contributed by atoms with E-state index in [1.54, 1.807) is 30.3 Å². The van der Waals surface area contributed by atoms with Crippen LogP contribution in [0.5, 0.6) is 0 Å². The van der Waals surface area contributed by atoms with Crippen LogP contribution < -0.4 is 11.1 Å². The predicted octanol–water partition coefficient (Wildman–Crippen LogP) is 1.15. The van der Waals surface area contributed by atoms with E-state index in [2.05, 4.69) is 10.2 Å². The van der Waals surface area contributed by atoms with E-state index in [0.29, 0.717) is 0 Å². The summed E-state index contributed by atoms with van der Waals surface area (Å²) >= 11 is 0. The van der Waals surface area contributed by atoms with Crippen LogP contribution in [0.15, 0.2) is 44.0 Å². The fraction of sp³-hybridized carbons (Fsp3) is 0.421. The van der Waals surface area contributed by atoms with Gasteiger partial charge in [0.2, 0.25) is 0 Å². The normalized spacial score (nSPS) is 11.4. The van der Waals surface area contributed by atoms with Crippen LogP contribution in [0.3, 0.4) is 0 Å². The zero-order valence-electron chi connectivity index (χ0n) is 17.1. The number of benzene rings is 1. The molecular formula is C19H22N2O11. The fourth-order valence-electron chi connectivity index (χ4n) is 2.44. The number of hydrogen-bond acceptors (Lipinski definition) is 11. The van der Waals surface area contributed by atoms with Gasteiger partial charge in [-0.25, -0.2) is 14.4 Å². The van der Waals surface area contributed by atoms with E-state index in [1.165, 1.54) is 6.92 Å². The third kappa shape index (κ3) is 8.87. The summed E-state index contributed by atoms with van der Waals surface area (Å²) < 4.78 is 24.6. The first kappa shape index (κ1) is 24.4. The minimum Gasteiger partial charge on any atom is -0.456 e. The third-order valence-corrected chi connectivity index (χ3v) is 3.93. The van der Waals surface area contributed by atoms with Crippen molar-refractivity contribution < 1.29 is 42.6 Å². The summed E-state index contributed by atoms with van der Waals surface area (Å²) in [6.45, 7) is 0.645. The standard InChI is InChI=1S/C19H22N2O11/c1-13-16(32-19(24)31-13)12-29-17(22)15(11-14-5-3-2-4-6-14)20-18(23)28-9-7-27-8-10-30-21(25)26/h2-6,15H,7-12H2,1H3,(H,20,23). The summed E-state index contributed by atoms with van der Waals surface area (Å²) in [6.07, 6.45) is -0.767. The number of amides is 1. The number of carbonyl (C=O) groups excluding carboxylic acids is 2. The Morgan fingerprint density at radius 2 is 1.81 bits per heavy atom. The van der Waals surface area contributed by atoms with Gasteiger partial charge in [-0.15, -0.1) is 10.1 Å². The number of ether oxygens (including phenoxy) is 3. The van der Waals surface area contributed by atoms with Crippen molar-refractivity contribution in [2.45, 2.75) is 26.0 Å². The Morgan fingerprint density at radius 3 is 2.47 bits per heavy atom. The molecule has 32 heavy (non-hydrogen) atoms. The maximum atomic E-state index is 12.5. The predicted molar refractivity (Wildman–Crippen MR) is 104 cm³/mol. The van der Waals surface area contributed by atoms with Gasteiger partial charge in [0, 0.05) is 6.42 Å². The van der Waals surface area contributed by atoms with Crippen molar-refractivity contribution in [2.75, 3.05) is 26.4 Å². The van der Waals surface area contributed by atoms with Gasteiger partial charge in [-0.2, -0.15) is 0 Å². The fourth-order valence-corrected chi connectivity index (χ4v) is 2.44. The van der Waals surface area contributed by atoms with Crippen LogP contribution >= 0.6 is 0 Å². The summed E-state index contributed by atoms with van der Waals surface area (Å²) in [6, 6.07) is 7.82. The highest BCUT2D eigenvalue weighted by Gasteiger charge is 2.24. The number of nitrogens with one attached hydrogen (secondary N) is 1. The second-order valence-corrected chi connectivity index (χ2v) is 6.23. The van der Waals surface area contributed by atoms with Crippen LogP contribution in [0.4, 0.5) is 4.79 Å². The van der Waals surface area contributed by atoms with Crippen LogP contribution in [-0.2, 0) is 36.9 Å². The molecule has 1 atom stereocenters. The Labute approximate surface area is 181 Å². The Hall–Kier alpha value is -3.87. The van der Waals surface area contributed by atoms with Crippen molar-refractivity contribution >= 4 is 12.1 Å². The lowest BCUT2D eigenvalue weighted by atomic mass is 10.1. The van der Waals surface area contributed by atoms with Crippen LogP contribution in [0.2, 0.25) is 0 Å². The maximum absolute atomic E-state index is 12.5. The van der Waals surface area contributed by atoms with E-state index < -0.39 is 29.0 Å². The summed E-state index contributed by atoms with van der Waals surface area (Å²) in [7, 11) is 0. The number of rotatable bonds is 13. The summed E-state index contributed by atoms with van der Waals surface area (Å²) in [4.78, 5) is 49.8. The highest BCUT2D eigenvalue weighted by molar-refractivity contribution is 5.81. The molecule has 0 bridgehead atoms. The van der Waals surface area contributed by atoms with Crippen LogP contribution in [-0.4, -0.2) is 49.6 Å². The zero-order chi connectivity index (χ0) is 23.3.